The molecule has 1 aromatic carbocycles. The number of nitrogens with one attached hydrogen (secondary N) is 1. The van der Waals surface area contributed by atoms with Crippen LogP contribution in [0, 0.1) is 6.92 Å². The molecule has 0 heterocycles. The van der Waals surface area contributed by atoms with Crippen LogP contribution in [0.25, 0.3) is 0 Å². The van der Waals surface area contributed by atoms with Crippen molar-refractivity contribution in [2.45, 2.75) is 45.7 Å². The molecule has 0 saturated heterocycles. The van der Waals surface area contributed by atoms with E-state index in [2.05, 4.69) is 44.3 Å². The standard InChI is InChI=1S/C15H24N2O2/c1-10-5-6-12(15(2,3)4)7-11(10)8-17-14(19)13(16)9-18/h5-7,13,18H,8-9,16H2,1-4H3,(H,17,19). The number of aliphatic hydroxyl groups is 1. The number of rotatable bonds is 4. The van der Waals surface area contributed by atoms with Gasteiger partial charge in [0.15, 0.2) is 0 Å². The number of aliphatic hydroxyl groups excluding tert-OH is 1. The number of benzene rings is 1. The largest absolute Gasteiger partial charge is 0.394 e. The second-order valence-corrected chi connectivity index (χ2v) is 5.90. The fraction of sp³-hybridized carbons (Fsp3) is 0.533. The molecular formula is C15H24N2O2. The lowest BCUT2D eigenvalue weighted by atomic mass is 9.85. The molecule has 0 aliphatic carbocycles. The van der Waals surface area contributed by atoms with Gasteiger partial charge in [-0.05, 0) is 29.0 Å². The van der Waals surface area contributed by atoms with E-state index >= 15 is 0 Å². The molecule has 19 heavy (non-hydrogen) atoms. The molecule has 0 radical (unpaired) electrons. The summed E-state index contributed by atoms with van der Waals surface area (Å²) in [5.41, 5.74) is 8.97. The van der Waals surface area contributed by atoms with Gasteiger partial charge in [-0.1, -0.05) is 39.0 Å². The van der Waals surface area contributed by atoms with Crippen LogP contribution in [0.5, 0.6) is 0 Å². The van der Waals surface area contributed by atoms with E-state index in [1.165, 1.54) is 5.56 Å². The first-order valence-electron chi connectivity index (χ1n) is 6.50. The Balaban J connectivity index is 2.81. The number of nitrogens with two attached hydrogens (primary N) is 1. The van der Waals surface area contributed by atoms with E-state index in [0.29, 0.717) is 6.54 Å². The highest BCUT2D eigenvalue weighted by molar-refractivity contribution is 5.81. The maximum Gasteiger partial charge on any atom is 0.239 e. The second kappa shape index (κ2) is 6.17. The minimum absolute atomic E-state index is 0.0773. The number of carbonyl (C=O) groups is 1. The van der Waals surface area contributed by atoms with Crippen molar-refractivity contribution in [3.8, 4) is 0 Å². The van der Waals surface area contributed by atoms with Crippen molar-refractivity contribution in [2.75, 3.05) is 6.61 Å². The highest BCUT2D eigenvalue weighted by Gasteiger charge is 2.16. The van der Waals surface area contributed by atoms with Gasteiger partial charge >= 0.3 is 0 Å². The molecule has 0 spiro atoms. The molecule has 1 unspecified atom stereocenters. The molecular weight excluding hydrogens is 240 g/mol. The summed E-state index contributed by atoms with van der Waals surface area (Å²) in [6.07, 6.45) is 0. The zero-order chi connectivity index (χ0) is 14.6. The molecule has 0 fully saturated rings. The van der Waals surface area contributed by atoms with Gasteiger partial charge in [-0.15, -0.1) is 0 Å². The SMILES string of the molecule is Cc1ccc(C(C)(C)C)cc1CNC(=O)C(N)CO. The van der Waals surface area contributed by atoms with Crippen molar-refractivity contribution in [2.24, 2.45) is 5.73 Å². The van der Waals surface area contributed by atoms with Gasteiger partial charge in [0, 0.05) is 6.54 Å². The van der Waals surface area contributed by atoms with Crippen LogP contribution in [0.2, 0.25) is 0 Å². The maximum absolute atomic E-state index is 11.5. The van der Waals surface area contributed by atoms with E-state index in [1.807, 2.05) is 6.92 Å². The van der Waals surface area contributed by atoms with Crippen LogP contribution in [-0.4, -0.2) is 23.7 Å². The monoisotopic (exact) mass is 264 g/mol. The normalized spacial score (nSPS) is 13.2. The van der Waals surface area contributed by atoms with Gasteiger partial charge in [-0.25, -0.2) is 0 Å². The summed E-state index contributed by atoms with van der Waals surface area (Å²) in [6.45, 7) is 8.57. The van der Waals surface area contributed by atoms with Crippen molar-refractivity contribution in [1.29, 1.82) is 0 Å². The average Bonchev–Trinajstić information content (AvgIpc) is 2.35. The first kappa shape index (κ1) is 15.7. The molecule has 1 atom stereocenters. The Kier molecular flexibility index (Phi) is 5.09. The molecule has 1 amide bonds. The lowest BCUT2D eigenvalue weighted by Crippen LogP contribution is -2.42. The van der Waals surface area contributed by atoms with Gasteiger partial charge in [-0.3, -0.25) is 4.79 Å². The summed E-state index contributed by atoms with van der Waals surface area (Å²) in [5.74, 6) is -0.330. The van der Waals surface area contributed by atoms with Crippen LogP contribution < -0.4 is 11.1 Å². The Morgan fingerprint density at radius 1 is 1.42 bits per heavy atom. The lowest BCUT2D eigenvalue weighted by molar-refractivity contribution is -0.123. The number of aryl methyl sites for hydroxylation is 1. The van der Waals surface area contributed by atoms with Gasteiger partial charge < -0.3 is 16.2 Å². The Morgan fingerprint density at radius 3 is 2.58 bits per heavy atom. The summed E-state index contributed by atoms with van der Waals surface area (Å²) in [4.78, 5) is 11.5. The summed E-state index contributed by atoms with van der Waals surface area (Å²) < 4.78 is 0. The van der Waals surface area contributed by atoms with Crippen molar-refractivity contribution in [1.82, 2.24) is 5.32 Å². The summed E-state index contributed by atoms with van der Waals surface area (Å²) in [6, 6.07) is 5.43. The van der Waals surface area contributed by atoms with E-state index in [4.69, 9.17) is 10.8 Å². The second-order valence-electron chi connectivity index (χ2n) is 5.90. The van der Waals surface area contributed by atoms with Gasteiger partial charge in [0.1, 0.15) is 6.04 Å². The lowest BCUT2D eigenvalue weighted by Gasteiger charge is -2.21. The van der Waals surface area contributed by atoms with Crippen LogP contribution in [0.4, 0.5) is 0 Å². The molecule has 4 nitrogen and oxygen atoms in total. The Bertz CT molecular complexity index is 450. The van der Waals surface area contributed by atoms with E-state index in [9.17, 15) is 4.79 Å². The summed E-state index contributed by atoms with van der Waals surface area (Å²) >= 11 is 0. The highest BCUT2D eigenvalue weighted by atomic mass is 16.3. The maximum atomic E-state index is 11.5. The van der Waals surface area contributed by atoms with Crippen molar-refractivity contribution in [3.63, 3.8) is 0 Å². The van der Waals surface area contributed by atoms with Crippen LogP contribution in [-0.2, 0) is 16.8 Å². The Hall–Kier alpha value is -1.39. The summed E-state index contributed by atoms with van der Waals surface area (Å²) in [5, 5.41) is 11.6. The third kappa shape index (κ3) is 4.33. The minimum atomic E-state index is -0.855. The quantitative estimate of drug-likeness (QED) is 0.765. The van der Waals surface area contributed by atoms with Gasteiger partial charge in [-0.2, -0.15) is 0 Å². The van der Waals surface area contributed by atoms with Crippen molar-refractivity contribution < 1.29 is 9.90 Å². The predicted octanol–water partition coefficient (Wildman–Crippen LogP) is 1.23. The molecule has 1 aromatic rings. The highest BCUT2D eigenvalue weighted by Crippen LogP contribution is 2.24. The topological polar surface area (TPSA) is 75.4 Å². The van der Waals surface area contributed by atoms with E-state index in [0.717, 1.165) is 11.1 Å². The van der Waals surface area contributed by atoms with Crippen LogP contribution in [0.15, 0.2) is 18.2 Å². The van der Waals surface area contributed by atoms with Crippen molar-refractivity contribution in [3.05, 3.63) is 34.9 Å². The van der Waals surface area contributed by atoms with Crippen molar-refractivity contribution >= 4 is 5.91 Å². The number of hydrogen-bond donors (Lipinski definition) is 3. The molecule has 0 aliphatic heterocycles. The fourth-order valence-corrected chi connectivity index (χ4v) is 1.72. The first-order chi connectivity index (χ1) is 8.75. The third-order valence-electron chi connectivity index (χ3n) is 3.20. The minimum Gasteiger partial charge on any atom is -0.394 e. The predicted molar refractivity (Wildman–Crippen MR) is 76.8 cm³/mol. The Labute approximate surface area is 115 Å². The van der Waals surface area contributed by atoms with Gasteiger partial charge in [0.25, 0.3) is 0 Å². The molecule has 1 rings (SSSR count). The first-order valence-corrected chi connectivity index (χ1v) is 6.50. The molecule has 4 N–H and O–H groups in total. The zero-order valence-electron chi connectivity index (χ0n) is 12.2. The summed E-state index contributed by atoms with van der Waals surface area (Å²) in [7, 11) is 0. The average molecular weight is 264 g/mol. The number of amides is 1. The molecule has 4 heteroatoms. The zero-order valence-corrected chi connectivity index (χ0v) is 12.2. The van der Waals surface area contributed by atoms with E-state index in [1.54, 1.807) is 0 Å². The van der Waals surface area contributed by atoms with Gasteiger partial charge in [0.05, 0.1) is 6.61 Å². The van der Waals surface area contributed by atoms with Gasteiger partial charge in [0.2, 0.25) is 5.91 Å². The third-order valence-corrected chi connectivity index (χ3v) is 3.20. The molecule has 0 aromatic heterocycles. The van der Waals surface area contributed by atoms with Crippen LogP contribution in [0.1, 0.15) is 37.5 Å². The van der Waals surface area contributed by atoms with E-state index < -0.39 is 6.04 Å². The fourth-order valence-electron chi connectivity index (χ4n) is 1.72. The molecule has 106 valence electrons. The molecule has 0 aliphatic rings. The van der Waals surface area contributed by atoms with Crippen LogP contribution in [0.3, 0.4) is 0 Å². The van der Waals surface area contributed by atoms with E-state index in [-0.39, 0.29) is 17.9 Å². The molecule has 0 saturated carbocycles. The van der Waals surface area contributed by atoms with Crippen LogP contribution >= 0.6 is 0 Å². The molecule has 0 bridgehead atoms. The Morgan fingerprint density at radius 2 is 2.05 bits per heavy atom. The number of carbonyl (C=O) groups excluding carboxylic acids is 1. The number of hydrogen-bond acceptors (Lipinski definition) is 3. The smallest absolute Gasteiger partial charge is 0.239 e.